The lowest BCUT2D eigenvalue weighted by molar-refractivity contribution is -0.250. The van der Waals surface area contributed by atoms with Crippen LogP contribution >= 0.6 is 22.7 Å². The van der Waals surface area contributed by atoms with Gasteiger partial charge in [-0.2, -0.15) is 13.2 Å². The predicted octanol–water partition coefficient (Wildman–Crippen LogP) is 3.39. The maximum atomic E-state index is 12.9. The molecule has 3 heterocycles. The van der Waals surface area contributed by atoms with Gasteiger partial charge in [-0.25, -0.2) is 0 Å². The van der Waals surface area contributed by atoms with Crippen molar-refractivity contribution >= 4 is 43.9 Å². The molecule has 0 aromatic carbocycles. The zero-order valence-electron chi connectivity index (χ0n) is 15.0. The average molecular weight is 432 g/mol. The molecule has 0 bridgehead atoms. The number of hydrogen-bond donors (Lipinski definition) is 2. The van der Waals surface area contributed by atoms with Gasteiger partial charge in [-0.15, -0.1) is 22.7 Å². The number of nitrogens with zero attached hydrogens (tertiary/aromatic N) is 1. The molecule has 1 saturated carbocycles. The number of nitrogens with one attached hydrogen (secondary N) is 1. The highest BCUT2D eigenvalue weighted by Crippen LogP contribution is 2.54. The molecule has 2 fully saturated rings. The van der Waals surface area contributed by atoms with Crippen molar-refractivity contribution in [3.63, 3.8) is 0 Å². The highest BCUT2D eigenvalue weighted by molar-refractivity contribution is 7.27. The van der Waals surface area contributed by atoms with Crippen molar-refractivity contribution in [3.05, 3.63) is 22.4 Å². The molecule has 5 nitrogen and oxygen atoms in total. The molecule has 2 aromatic heterocycles. The van der Waals surface area contributed by atoms with E-state index in [1.165, 1.54) is 11.3 Å². The fourth-order valence-corrected chi connectivity index (χ4v) is 5.81. The van der Waals surface area contributed by atoms with Gasteiger partial charge in [0, 0.05) is 28.5 Å². The fraction of sp³-hybridized carbons (Fsp3) is 0.556. The number of piperidine rings is 1. The van der Waals surface area contributed by atoms with E-state index in [1.54, 1.807) is 11.3 Å². The van der Waals surface area contributed by atoms with Crippen LogP contribution in [0.2, 0.25) is 0 Å². The number of rotatable bonds is 3. The molecule has 1 aliphatic carbocycles. The number of carbonyl (C=O) groups excluding carboxylic acids is 2. The van der Waals surface area contributed by atoms with Crippen LogP contribution in [0, 0.1) is 5.41 Å². The van der Waals surface area contributed by atoms with E-state index in [-0.39, 0.29) is 30.5 Å². The van der Waals surface area contributed by atoms with Crippen LogP contribution in [-0.2, 0) is 4.79 Å². The van der Waals surface area contributed by atoms with Crippen molar-refractivity contribution < 1.29 is 27.9 Å². The zero-order valence-corrected chi connectivity index (χ0v) is 16.6. The molecule has 2 amide bonds. The minimum atomic E-state index is -5.01. The van der Waals surface area contributed by atoms with E-state index in [2.05, 4.69) is 5.32 Å². The number of thiophene rings is 2. The second-order valence-electron chi connectivity index (χ2n) is 7.71. The number of carbonyl (C=O) groups is 2. The summed E-state index contributed by atoms with van der Waals surface area (Å²) in [6, 6.07) is 3.82. The molecule has 1 saturated heterocycles. The highest BCUT2D eigenvalue weighted by Gasteiger charge is 2.60. The maximum Gasteiger partial charge on any atom is 0.426 e. The normalized spacial score (nSPS) is 23.6. The molecule has 152 valence electrons. The van der Waals surface area contributed by atoms with Gasteiger partial charge >= 0.3 is 6.18 Å². The smallest absolute Gasteiger partial charge is 0.373 e. The summed E-state index contributed by atoms with van der Waals surface area (Å²) >= 11 is 3.02. The van der Waals surface area contributed by atoms with E-state index in [0.717, 1.165) is 20.7 Å². The summed E-state index contributed by atoms with van der Waals surface area (Å²) < 4.78 is 40.8. The largest absolute Gasteiger partial charge is 0.426 e. The molecule has 4 rings (SSSR count). The van der Waals surface area contributed by atoms with Gasteiger partial charge in [-0.1, -0.05) is 0 Å². The van der Waals surface area contributed by atoms with E-state index >= 15 is 0 Å². The van der Waals surface area contributed by atoms with E-state index in [9.17, 15) is 27.9 Å². The van der Waals surface area contributed by atoms with Gasteiger partial charge in [0.05, 0.1) is 4.88 Å². The van der Waals surface area contributed by atoms with Crippen molar-refractivity contribution in [2.24, 2.45) is 5.41 Å². The van der Waals surface area contributed by atoms with Crippen LogP contribution in [-0.4, -0.2) is 52.7 Å². The van der Waals surface area contributed by atoms with Crippen LogP contribution in [0.3, 0.4) is 0 Å². The van der Waals surface area contributed by atoms with Gasteiger partial charge in [0.25, 0.3) is 11.8 Å². The minimum absolute atomic E-state index is 0.0273. The first-order valence-corrected chi connectivity index (χ1v) is 10.6. The van der Waals surface area contributed by atoms with Crippen LogP contribution < -0.4 is 5.32 Å². The first-order chi connectivity index (χ1) is 13.0. The summed E-state index contributed by atoms with van der Waals surface area (Å²) in [6.07, 6.45) is -3.23. The number of aliphatic hydroxyl groups is 1. The van der Waals surface area contributed by atoms with E-state index in [1.807, 2.05) is 17.5 Å². The van der Waals surface area contributed by atoms with Gasteiger partial charge in [-0.05, 0) is 49.1 Å². The zero-order chi connectivity index (χ0) is 20.3. The van der Waals surface area contributed by atoms with Crippen LogP contribution in [0.1, 0.15) is 35.9 Å². The Labute approximate surface area is 167 Å². The quantitative estimate of drug-likeness (QED) is 0.781. The van der Waals surface area contributed by atoms with Crippen LogP contribution in [0.15, 0.2) is 17.5 Å². The molecule has 2 N–H and O–H groups in total. The Kier molecular flexibility index (Phi) is 4.51. The van der Waals surface area contributed by atoms with E-state index in [4.69, 9.17) is 0 Å². The third-order valence-electron chi connectivity index (χ3n) is 5.87. The van der Waals surface area contributed by atoms with Crippen molar-refractivity contribution in [2.45, 2.75) is 44.0 Å². The Morgan fingerprint density at radius 2 is 1.96 bits per heavy atom. The van der Waals surface area contributed by atoms with Crippen LogP contribution in [0.25, 0.3) is 9.40 Å². The van der Waals surface area contributed by atoms with Gasteiger partial charge in [0.15, 0.2) is 0 Å². The van der Waals surface area contributed by atoms with Crippen LogP contribution in [0.4, 0.5) is 13.2 Å². The molecular formula is C18H19F3N2O3S2. The summed E-state index contributed by atoms with van der Waals surface area (Å²) in [7, 11) is 0. The lowest BCUT2D eigenvalue weighted by atomic mass is 9.91. The molecule has 2 unspecified atom stereocenters. The van der Waals surface area contributed by atoms with Gasteiger partial charge < -0.3 is 15.3 Å². The molecule has 2 aliphatic rings. The Morgan fingerprint density at radius 3 is 2.57 bits per heavy atom. The number of fused-ring (bicyclic) bond motifs is 1. The van der Waals surface area contributed by atoms with Crippen molar-refractivity contribution in [1.82, 2.24) is 10.2 Å². The fourth-order valence-electron chi connectivity index (χ4n) is 3.80. The molecule has 1 spiro atoms. The number of amides is 2. The highest BCUT2D eigenvalue weighted by atomic mass is 32.1. The second kappa shape index (κ2) is 6.43. The average Bonchev–Trinajstić information content (AvgIpc) is 2.97. The number of likely N-dealkylation sites (tertiary alicyclic amines) is 1. The van der Waals surface area contributed by atoms with Crippen molar-refractivity contribution in [2.75, 3.05) is 13.1 Å². The molecule has 10 heteroatoms. The third kappa shape index (κ3) is 3.21. The lowest BCUT2D eigenvalue weighted by Crippen LogP contribution is -2.57. The number of hydrogen-bond acceptors (Lipinski definition) is 5. The monoisotopic (exact) mass is 432 g/mol. The van der Waals surface area contributed by atoms with E-state index in [0.29, 0.717) is 24.6 Å². The van der Waals surface area contributed by atoms with Crippen LogP contribution in [0.5, 0.6) is 0 Å². The third-order valence-corrected chi connectivity index (χ3v) is 7.97. The lowest BCUT2D eigenvalue weighted by Gasteiger charge is -2.37. The van der Waals surface area contributed by atoms with Gasteiger partial charge in [-0.3, -0.25) is 9.59 Å². The number of alkyl halides is 3. The molecule has 28 heavy (non-hydrogen) atoms. The Bertz CT molecular complexity index is 898. The Morgan fingerprint density at radius 1 is 1.29 bits per heavy atom. The summed E-state index contributed by atoms with van der Waals surface area (Å²) in [4.78, 5) is 26.3. The predicted molar refractivity (Wildman–Crippen MR) is 100 cm³/mol. The number of halogens is 3. The molecule has 2 atom stereocenters. The van der Waals surface area contributed by atoms with Crippen molar-refractivity contribution in [3.8, 4) is 0 Å². The second-order valence-corrected chi connectivity index (χ2v) is 9.75. The standard InChI is InChI=1S/C18H19F3N2O3S2/c1-16(26,18(19,20)21)15(25)23-5-3-17(4-6-23)9-13(17)22-14(24)12-8-11-10(28-12)2-7-27-11/h2,7-8,13,26H,3-6,9H2,1H3,(H,22,24). The summed E-state index contributed by atoms with van der Waals surface area (Å²) in [5, 5.41) is 14.6. The van der Waals surface area contributed by atoms with E-state index < -0.39 is 17.7 Å². The maximum absolute atomic E-state index is 12.9. The Hall–Kier alpha value is -1.65. The molecule has 1 aliphatic heterocycles. The summed E-state index contributed by atoms with van der Waals surface area (Å²) in [6.45, 7) is 0.782. The topological polar surface area (TPSA) is 69.6 Å². The molecular weight excluding hydrogens is 413 g/mol. The summed E-state index contributed by atoms with van der Waals surface area (Å²) in [5.41, 5.74) is -3.54. The minimum Gasteiger partial charge on any atom is -0.373 e. The van der Waals surface area contributed by atoms with Gasteiger partial charge in [0.1, 0.15) is 0 Å². The van der Waals surface area contributed by atoms with Gasteiger partial charge in [0.2, 0.25) is 5.60 Å². The molecule has 0 radical (unpaired) electrons. The first kappa shape index (κ1) is 19.7. The SMILES string of the molecule is CC(O)(C(=O)N1CCC2(CC1)CC2NC(=O)c1cc2sccc2s1)C(F)(F)F. The first-order valence-electron chi connectivity index (χ1n) is 8.90. The molecule has 2 aromatic rings. The van der Waals surface area contributed by atoms with Crippen molar-refractivity contribution in [1.29, 1.82) is 0 Å². The Balaban J connectivity index is 1.34. The summed E-state index contributed by atoms with van der Waals surface area (Å²) in [5.74, 6) is -1.44.